The summed E-state index contributed by atoms with van der Waals surface area (Å²) in [5, 5.41) is 3.44. The lowest BCUT2D eigenvalue weighted by atomic mass is 10.1. The summed E-state index contributed by atoms with van der Waals surface area (Å²) in [6.45, 7) is 12.5. The van der Waals surface area contributed by atoms with E-state index in [-0.39, 0.29) is 0 Å². The van der Waals surface area contributed by atoms with Gasteiger partial charge in [-0.3, -0.25) is 0 Å². The SMILES string of the molecule is CC(C)=CCC/C(C)=C/CNCCCOCCCCOCCCN. The topological polar surface area (TPSA) is 56.5 Å². The highest BCUT2D eigenvalue weighted by atomic mass is 16.5. The first-order chi connectivity index (χ1) is 11.7. The molecule has 0 fully saturated rings. The molecule has 0 aromatic rings. The van der Waals surface area contributed by atoms with Crippen LogP contribution in [0.4, 0.5) is 0 Å². The Morgan fingerprint density at radius 3 is 2.12 bits per heavy atom. The summed E-state index contributed by atoms with van der Waals surface area (Å²) in [7, 11) is 0. The summed E-state index contributed by atoms with van der Waals surface area (Å²) in [5.74, 6) is 0. The summed E-state index contributed by atoms with van der Waals surface area (Å²) < 4.78 is 11.1. The Balaban J connectivity index is 3.23. The predicted molar refractivity (Wildman–Crippen MR) is 104 cm³/mol. The molecule has 0 atom stereocenters. The fourth-order valence-corrected chi connectivity index (χ4v) is 2.14. The molecule has 0 amide bonds. The Morgan fingerprint density at radius 1 is 0.875 bits per heavy atom. The lowest BCUT2D eigenvalue weighted by Crippen LogP contribution is -2.17. The van der Waals surface area contributed by atoms with E-state index < -0.39 is 0 Å². The summed E-state index contributed by atoms with van der Waals surface area (Å²) >= 11 is 0. The molecule has 0 heterocycles. The van der Waals surface area contributed by atoms with E-state index in [9.17, 15) is 0 Å². The molecule has 0 saturated carbocycles. The van der Waals surface area contributed by atoms with Crippen molar-refractivity contribution in [2.24, 2.45) is 5.73 Å². The van der Waals surface area contributed by atoms with E-state index >= 15 is 0 Å². The maximum atomic E-state index is 5.63. The number of hydrogen-bond acceptors (Lipinski definition) is 4. The first-order valence-corrected chi connectivity index (χ1v) is 9.52. The number of hydrogen-bond donors (Lipinski definition) is 2. The molecule has 24 heavy (non-hydrogen) atoms. The van der Waals surface area contributed by atoms with E-state index in [1.165, 1.54) is 11.1 Å². The van der Waals surface area contributed by atoms with E-state index in [2.05, 4.69) is 38.2 Å². The van der Waals surface area contributed by atoms with Crippen molar-refractivity contribution in [3.8, 4) is 0 Å². The van der Waals surface area contributed by atoms with Crippen molar-refractivity contribution in [1.82, 2.24) is 5.32 Å². The van der Waals surface area contributed by atoms with Crippen LogP contribution >= 0.6 is 0 Å². The molecule has 0 spiro atoms. The fraction of sp³-hybridized carbons (Fsp3) is 0.800. The summed E-state index contributed by atoms with van der Waals surface area (Å²) in [6.07, 6.45) is 11.1. The zero-order valence-corrected chi connectivity index (χ0v) is 16.2. The zero-order chi connectivity index (χ0) is 17.9. The third kappa shape index (κ3) is 19.4. The third-order valence-corrected chi connectivity index (χ3v) is 3.65. The quantitative estimate of drug-likeness (QED) is 0.312. The first-order valence-electron chi connectivity index (χ1n) is 9.52. The molecule has 0 aliphatic carbocycles. The van der Waals surface area contributed by atoms with E-state index in [0.717, 1.165) is 78.0 Å². The van der Waals surface area contributed by atoms with Crippen LogP contribution in [0.1, 0.15) is 59.3 Å². The Bertz CT molecular complexity index is 324. The Hall–Kier alpha value is -0.680. The molecule has 0 bridgehead atoms. The second-order valence-electron chi connectivity index (χ2n) is 6.50. The lowest BCUT2D eigenvalue weighted by Gasteiger charge is -2.06. The van der Waals surface area contributed by atoms with Crippen molar-refractivity contribution < 1.29 is 9.47 Å². The molecule has 4 nitrogen and oxygen atoms in total. The van der Waals surface area contributed by atoms with Crippen LogP contribution in [0.2, 0.25) is 0 Å². The minimum absolute atomic E-state index is 0.711. The minimum Gasteiger partial charge on any atom is -0.381 e. The summed E-state index contributed by atoms with van der Waals surface area (Å²) in [5.41, 5.74) is 8.27. The Labute approximate surface area is 149 Å². The predicted octanol–water partition coefficient (Wildman–Crippen LogP) is 3.82. The molecule has 0 radical (unpaired) electrons. The molecule has 0 rings (SSSR count). The van der Waals surface area contributed by atoms with Crippen molar-refractivity contribution in [2.75, 3.05) is 46.1 Å². The average Bonchev–Trinajstić information content (AvgIpc) is 2.55. The molecule has 0 aliphatic heterocycles. The van der Waals surface area contributed by atoms with Gasteiger partial charge in [0.15, 0.2) is 0 Å². The molecule has 0 aromatic heterocycles. The molecule has 0 aliphatic rings. The normalized spacial score (nSPS) is 11.8. The molecule has 4 heteroatoms. The number of rotatable bonds is 17. The van der Waals surface area contributed by atoms with Crippen molar-refractivity contribution in [3.05, 3.63) is 23.3 Å². The van der Waals surface area contributed by atoms with E-state index in [4.69, 9.17) is 15.2 Å². The lowest BCUT2D eigenvalue weighted by molar-refractivity contribution is 0.101. The molecular weight excluding hydrogens is 300 g/mol. The second kappa shape index (κ2) is 18.7. The molecule has 0 aromatic carbocycles. The van der Waals surface area contributed by atoms with Crippen molar-refractivity contribution in [3.63, 3.8) is 0 Å². The van der Waals surface area contributed by atoms with Crippen LogP contribution in [0.5, 0.6) is 0 Å². The van der Waals surface area contributed by atoms with Gasteiger partial charge in [0.2, 0.25) is 0 Å². The number of nitrogens with two attached hydrogens (primary N) is 1. The van der Waals surface area contributed by atoms with Crippen LogP contribution in [-0.2, 0) is 9.47 Å². The summed E-state index contributed by atoms with van der Waals surface area (Å²) in [4.78, 5) is 0. The third-order valence-electron chi connectivity index (χ3n) is 3.65. The monoisotopic (exact) mass is 340 g/mol. The van der Waals surface area contributed by atoms with Crippen molar-refractivity contribution >= 4 is 0 Å². The second-order valence-corrected chi connectivity index (χ2v) is 6.50. The molecule has 3 N–H and O–H groups in total. The Kier molecular flexibility index (Phi) is 18.1. The van der Waals surface area contributed by atoms with Crippen molar-refractivity contribution in [1.29, 1.82) is 0 Å². The van der Waals surface area contributed by atoms with Gasteiger partial charge in [-0.1, -0.05) is 23.3 Å². The van der Waals surface area contributed by atoms with Gasteiger partial charge in [-0.05, 0) is 72.4 Å². The van der Waals surface area contributed by atoms with Gasteiger partial charge in [0, 0.05) is 33.0 Å². The molecule has 0 unspecified atom stereocenters. The van der Waals surface area contributed by atoms with E-state index in [1.54, 1.807) is 0 Å². The van der Waals surface area contributed by atoms with Crippen LogP contribution in [0.15, 0.2) is 23.3 Å². The summed E-state index contributed by atoms with van der Waals surface area (Å²) in [6, 6.07) is 0. The van der Waals surface area contributed by atoms with Crippen molar-refractivity contribution in [2.45, 2.75) is 59.3 Å². The number of allylic oxidation sites excluding steroid dienone is 3. The average molecular weight is 341 g/mol. The van der Waals surface area contributed by atoms with Crippen LogP contribution in [0.3, 0.4) is 0 Å². The van der Waals surface area contributed by atoms with Gasteiger partial charge in [-0.2, -0.15) is 0 Å². The van der Waals surface area contributed by atoms with Crippen LogP contribution in [-0.4, -0.2) is 46.1 Å². The first kappa shape index (κ1) is 23.3. The fourth-order valence-electron chi connectivity index (χ4n) is 2.14. The molecular formula is C20H40N2O2. The van der Waals surface area contributed by atoms with Gasteiger partial charge in [-0.15, -0.1) is 0 Å². The molecule has 0 saturated heterocycles. The van der Waals surface area contributed by atoms with Gasteiger partial charge in [0.05, 0.1) is 0 Å². The van der Waals surface area contributed by atoms with E-state index in [1.807, 2.05) is 0 Å². The Morgan fingerprint density at radius 2 is 1.50 bits per heavy atom. The maximum Gasteiger partial charge on any atom is 0.0478 e. The standard InChI is InChI=1S/C20H40N2O2/c1-19(2)9-6-10-20(3)11-14-22-13-8-18-24-16-5-4-15-23-17-7-12-21/h9,11,22H,4-8,10,12-18,21H2,1-3H3/b20-11+. The highest BCUT2D eigenvalue weighted by Gasteiger charge is 1.93. The minimum atomic E-state index is 0.711. The number of unbranched alkanes of at least 4 members (excludes halogenated alkanes) is 1. The van der Waals surface area contributed by atoms with Gasteiger partial charge in [0.1, 0.15) is 0 Å². The van der Waals surface area contributed by atoms with Crippen LogP contribution < -0.4 is 11.1 Å². The van der Waals surface area contributed by atoms with Gasteiger partial charge >= 0.3 is 0 Å². The smallest absolute Gasteiger partial charge is 0.0478 e. The number of nitrogens with one attached hydrogen (secondary N) is 1. The highest BCUT2D eigenvalue weighted by molar-refractivity contribution is 5.02. The van der Waals surface area contributed by atoms with Gasteiger partial charge in [0.25, 0.3) is 0 Å². The van der Waals surface area contributed by atoms with E-state index in [0.29, 0.717) is 6.54 Å². The van der Waals surface area contributed by atoms with Crippen LogP contribution in [0, 0.1) is 0 Å². The van der Waals surface area contributed by atoms with Gasteiger partial charge in [-0.25, -0.2) is 0 Å². The maximum absolute atomic E-state index is 5.63. The van der Waals surface area contributed by atoms with Crippen LogP contribution in [0.25, 0.3) is 0 Å². The molecule has 142 valence electrons. The number of ether oxygens (including phenoxy) is 2. The van der Waals surface area contributed by atoms with Gasteiger partial charge < -0.3 is 20.5 Å². The largest absolute Gasteiger partial charge is 0.381 e. The highest BCUT2D eigenvalue weighted by Crippen LogP contribution is 2.05. The zero-order valence-electron chi connectivity index (χ0n) is 16.2.